The highest BCUT2D eigenvalue weighted by Gasteiger charge is 2.01. The van der Waals surface area contributed by atoms with Crippen molar-refractivity contribution in [3.05, 3.63) is 136 Å². The van der Waals surface area contributed by atoms with E-state index in [0.717, 1.165) is 22.3 Å². The minimum Gasteiger partial charge on any atom is -0.225 e. The highest BCUT2D eigenvalue weighted by atomic mass is 19.1. The van der Waals surface area contributed by atoms with Crippen molar-refractivity contribution < 1.29 is 8.78 Å². The van der Waals surface area contributed by atoms with Crippen LogP contribution in [0.1, 0.15) is 39.1 Å². The van der Waals surface area contributed by atoms with Gasteiger partial charge in [0, 0.05) is 5.69 Å². The maximum Gasteiger partial charge on any atom is 0.213 e. The highest BCUT2D eigenvalue weighted by Crippen LogP contribution is 2.09. The molecule has 1 aromatic heterocycles. The van der Waals surface area contributed by atoms with Gasteiger partial charge in [-0.25, -0.2) is 9.37 Å². The first kappa shape index (κ1) is 29.2. The lowest BCUT2D eigenvalue weighted by Gasteiger charge is -1.94. The number of hydrogen-bond acceptors (Lipinski definition) is 4. The number of aryl methyl sites for hydroxylation is 4. The number of halogens is 2. The SMILES string of the molecule is Cc1cccc(C#N)c1.Cc1cccc(C#N)c1F.Cc1cccc(F)n1.Cc1ccccc1C#N. The molecule has 6 heteroatoms. The predicted octanol–water partition coefficient (Wildman–Crippen LogP) is 7.27. The zero-order valence-corrected chi connectivity index (χ0v) is 20.6. The fourth-order valence-electron chi connectivity index (χ4n) is 2.66. The van der Waals surface area contributed by atoms with Crippen molar-refractivity contribution in [3.8, 4) is 18.2 Å². The number of aromatic nitrogens is 1. The molecule has 0 aliphatic carbocycles. The molecule has 1 heterocycles. The van der Waals surface area contributed by atoms with Crippen molar-refractivity contribution in [2.24, 2.45) is 0 Å². The minimum absolute atomic E-state index is 0.111. The molecule has 0 spiro atoms. The molecule has 0 radical (unpaired) electrons. The van der Waals surface area contributed by atoms with E-state index in [0.29, 0.717) is 11.3 Å². The van der Waals surface area contributed by atoms with E-state index in [1.807, 2.05) is 56.3 Å². The number of benzene rings is 3. The van der Waals surface area contributed by atoms with Crippen LogP contribution in [0.5, 0.6) is 0 Å². The molecule has 0 unspecified atom stereocenters. The molecule has 4 nitrogen and oxygen atoms in total. The molecule has 4 rings (SSSR count). The van der Waals surface area contributed by atoms with E-state index in [4.69, 9.17) is 15.8 Å². The number of nitrogens with zero attached hydrogens (tertiary/aromatic N) is 4. The van der Waals surface area contributed by atoms with Crippen molar-refractivity contribution in [3.63, 3.8) is 0 Å². The van der Waals surface area contributed by atoms with Crippen LogP contribution < -0.4 is 0 Å². The van der Waals surface area contributed by atoms with Crippen LogP contribution in [0.25, 0.3) is 0 Å². The molecule has 0 aliphatic rings. The second kappa shape index (κ2) is 15.9. The van der Waals surface area contributed by atoms with E-state index in [1.54, 1.807) is 50.2 Å². The Balaban J connectivity index is 0.000000241. The third kappa shape index (κ3) is 10.8. The standard InChI is InChI=1S/C8H6FN.2C8H7N.C6H6FN/c1-6-3-2-4-7(5-10)8(6)9;1-7-3-2-4-8(5-7)6-9;1-7-4-2-3-5-8(7)6-9;1-5-3-2-4-6(7)8-5/h2-4H,1H3;2*2-5H,1H3;2-4H,1H3. The van der Waals surface area contributed by atoms with Gasteiger partial charge in [-0.2, -0.15) is 20.2 Å². The van der Waals surface area contributed by atoms with Crippen molar-refractivity contribution in [2.45, 2.75) is 27.7 Å². The van der Waals surface area contributed by atoms with Gasteiger partial charge in [0.1, 0.15) is 11.9 Å². The van der Waals surface area contributed by atoms with Gasteiger partial charge in [0.25, 0.3) is 0 Å². The Bertz CT molecular complexity index is 1380. The summed E-state index contributed by atoms with van der Waals surface area (Å²) in [5, 5.41) is 25.2. The van der Waals surface area contributed by atoms with E-state index >= 15 is 0 Å². The summed E-state index contributed by atoms with van der Waals surface area (Å²) in [6.45, 7) is 7.29. The first-order valence-electron chi connectivity index (χ1n) is 10.9. The van der Waals surface area contributed by atoms with Gasteiger partial charge in [-0.3, -0.25) is 0 Å². The van der Waals surface area contributed by atoms with Crippen LogP contribution >= 0.6 is 0 Å². The number of nitriles is 3. The summed E-state index contributed by atoms with van der Waals surface area (Å²) < 4.78 is 24.8. The van der Waals surface area contributed by atoms with Gasteiger partial charge in [0.2, 0.25) is 5.95 Å². The molecule has 36 heavy (non-hydrogen) atoms. The lowest BCUT2D eigenvalue weighted by Crippen LogP contribution is -1.85. The van der Waals surface area contributed by atoms with Crippen molar-refractivity contribution in [1.29, 1.82) is 15.8 Å². The van der Waals surface area contributed by atoms with Gasteiger partial charge in [0.15, 0.2) is 0 Å². The molecule has 4 aromatic rings. The fraction of sp³-hybridized carbons (Fsp3) is 0.133. The minimum atomic E-state index is -0.412. The van der Waals surface area contributed by atoms with E-state index < -0.39 is 11.8 Å². The Morgan fingerprint density at radius 1 is 0.611 bits per heavy atom. The van der Waals surface area contributed by atoms with E-state index in [2.05, 4.69) is 17.1 Å². The average Bonchev–Trinajstić information content (AvgIpc) is 2.87. The van der Waals surface area contributed by atoms with Gasteiger partial charge in [-0.1, -0.05) is 48.5 Å². The van der Waals surface area contributed by atoms with Crippen molar-refractivity contribution >= 4 is 0 Å². The van der Waals surface area contributed by atoms with Crippen LogP contribution in [0.4, 0.5) is 8.78 Å². The van der Waals surface area contributed by atoms with Crippen LogP contribution in [0.2, 0.25) is 0 Å². The quantitative estimate of drug-likeness (QED) is 0.248. The van der Waals surface area contributed by atoms with Gasteiger partial charge >= 0.3 is 0 Å². The molecular formula is C30H26F2N4. The molecule has 3 aromatic carbocycles. The molecule has 0 saturated carbocycles. The molecule has 0 fully saturated rings. The lowest BCUT2D eigenvalue weighted by atomic mass is 10.1. The largest absolute Gasteiger partial charge is 0.225 e. The molecule has 0 amide bonds. The van der Waals surface area contributed by atoms with Gasteiger partial charge in [-0.05, 0) is 80.8 Å². The first-order valence-corrected chi connectivity index (χ1v) is 10.9. The van der Waals surface area contributed by atoms with Crippen LogP contribution in [0.3, 0.4) is 0 Å². The molecule has 0 aliphatic heterocycles. The van der Waals surface area contributed by atoms with Crippen LogP contribution in [0, 0.1) is 73.5 Å². The van der Waals surface area contributed by atoms with E-state index in [-0.39, 0.29) is 5.56 Å². The van der Waals surface area contributed by atoms with Gasteiger partial charge < -0.3 is 0 Å². The van der Waals surface area contributed by atoms with Crippen molar-refractivity contribution in [2.75, 3.05) is 0 Å². The molecule has 0 saturated heterocycles. The summed E-state index contributed by atoms with van der Waals surface area (Å²) in [6.07, 6.45) is 0. The highest BCUT2D eigenvalue weighted by molar-refractivity contribution is 5.36. The number of pyridine rings is 1. The Morgan fingerprint density at radius 3 is 1.64 bits per heavy atom. The third-order valence-electron chi connectivity index (χ3n) is 4.58. The van der Waals surface area contributed by atoms with Crippen LogP contribution in [-0.4, -0.2) is 4.98 Å². The lowest BCUT2D eigenvalue weighted by molar-refractivity contribution is 0.580. The maximum atomic E-state index is 12.8. The smallest absolute Gasteiger partial charge is 0.213 e. The zero-order chi connectivity index (χ0) is 26.9. The Morgan fingerprint density at radius 2 is 1.19 bits per heavy atom. The summed E-state index contributed by atoms with van der Waals surface area (Å²) in [4.78, 5) is 3.51. The topological polar surface area (TPSA) is 84.3 Å². The first-order chi connectivity index (χ1) is 17.2. The predicted molar refractivity (Wildman–Crippen MR) is 137 cm³/mol. The Hall–Kier alpha value is -4.86. The monoisotopic (exact) mass is 480 g/mol. The summed E-state index contributed by atoms with van der Waals surface area (Å²) >= 11 is 0. The van der Waals surface area contributed by atoms with Crippen molar-refractivity contribution in [1.82, 2.24) is 4.98 Å². The summed E-state index contributed by atoms with van der Waals surface area (Å²) in [6, 6.07) is 30.5. The second-order valence-electron chi connectivity index (χ2n) is 7.56. The second-order valence-corrected chi connectivity index (χ2v) is 7.56. The van der Waals surface area contributed by atoms with Gasteiger partial charge in [-0.15, -0.1) is 0 Å². The summed E-state index contributed by atoms with van der Waals surface area (Å²) in [5.41, 5.74) is 5.01. The number of hydrogen-bond donors (Lipinski definition) is 0. The van der Waals surface area contributed by atoms with Crippen LogP contribution in [0.15, 0.2) is 84.9 Å². The maximum absolute atomic E-state index is 12.8. The molecule has 180 valence electrons. The zero-order valence-electron chi connectivity index (χ0n) is 20.6. The van der Waals surface area contributed by atoms with Gasteiger partial charge in [0.05, 0.1) is 28.8 Å². The molecule has 0 bridgehead atoms. The summed E-state index contributed by atoms with van der Waals surface area (Å²) in [7, 11) is 0. The van der Waals surface area contributed by atoms with E-state index in [1.165, 1.54) is 12.1 Å². The Labute approximate surface area is 211 Å². The fourth-order valence-corrected chi connectivity index (χ4v) is 2.66. The van der Waals surface area contributed by atoms with E-state index in [9.17, 15) is 8.78 Å². The third-order valence-corrected chi connectivity index (χ3v) is 4.58. The van der Waals surface area contributed by atoms with Crippen LogP contribution in [-0.2, 0) is 0 Å². The molecular weight excluding hydrogens is 454 g/mol. The average molecular weight is 481 g/mol. The number of rotatable bonds is 0. The summed E-state index contributed by atoms with van der Waals surface area (Å²) in [5.74, 6) is -0.824. The molecule has 0 N–H and O–H groups in total. The normalized spacial score (nSPS) is 8.75. The Kier molecular flexibility index (Phi) is 12.9. The molecule has 0 atom stereocenters.